The largest absolute Gasteiger partial charge is 0.276 e. The van der Waals surface area contributed by atoms with Crippen molar-refractivity contribution in [2.45, 2.75) is 18.2 Å². The molecule has 0 radical (unpaired) electrons. The van der Waals surface area contributed by atoms with E-state index >= 15 is 0 Å². The standard InChI is InChI=1S/C14H15N3O2S/c1-2-12-5-7-14(8-6-12)20(18,19)17-16-11-13-4-3-9-15-10-13/h3-11,17H,2H2,1H3/b16-11-. The third kappa shape index (κ3) is 3.64. The van der Waals surface area contributed by atoms with Crippen molar-refractivity contribution in [1.82, 2.24) is 9.82 Å². The van der Waals surface area contributed by atoms with E-state index in [0.29, 0.717) is 0 Å². The van der Waals surface area contributed by atoms with Crippen molar-refractivity contribution in [1.29, 1.82) is 0 Å². The number of hydrogen-bond acceptors (Lipinski definition) is 4. The van der Waals surface area contributed by atoms with E-state index in [1.165, 1.54) is 6.21 Å². The van der Waals surface area contributed by atoms with E-state index in [1.807, 2.05) is 6.92 Å². The number of nitrogens with zero attached hydrogens (tertiary/aromatic N) is 2. The summed E-state index contributed by atoms with van der Waals surface area (Å²) in [6.45, 7) is 2.01. The maximum Gasteiger partial charge on any atom is 0.276 e. The second-order valence-corrected chi connectivity index (χ2v) is 5.80. The molecule has 1 N–H and O–H groups in total. The lowest BCUT2D eigenvalue weighted by atomic mass is 10.2. The molecule has 0 saturated carbocycles. The molecule has 0 aliphatic carbocycles. The van der Waals surface area contributed by atoms with Gasteiger partial charge in [-0.15, -0.1) is 0 Å². The lowest BCUT2D eigenvalue weighted by Gasteiger charge is -2.04. The maximum atomic E-state index is 12.0. The Morgan fingerprint density at radius 1 is 1.25 bits per heavy atom. The van der Waals surface area contributed by atoms with Crippen LogP contribution in [-0.2, 0) is 16.4 Å². The Balaban J connectivity index is 2.09. The lowest BCUT2D eigenvalue weighted by Crippen LogP contribution is -2.18. The van der Waals surface area contributed by atoms with Gasteiger partial charge in [-0.2, -0.15) is 13.5 Å². The monoisotopic (exact) mass is 289 g/mol. The van der Waals surface area contributed by atoms with E-state index in [0.717, 1.165) is 17.5 Å². The zero-order valence-electron chi connectivity index (χ0n) is 11.0. The highest BCUT2D eigenvalue weighted by molar-refractivity contribution is 7.89. The minimum atomic E-state index is -3.62. The van der Waals surface area contributed by atoms with Crippen molar-refractivity contribution in [3.63, 3.8) is 0 Å². The Labute approximate surface area is 118 Å². The van der Waals surface area contributed by atoms with Crippen molar-refractivity contribution in [2.75, 3.05) is 0 Å². The third-order valence-electron chi connectivity index (χ3n) is 2.71. The number of nitrogens with one attached hydrogen (secondary N) is 1. The average molecular weight is 289 g/mol. The number of aromatic nitrogens is 1. The van der Waals surface area contributed by atoms with Gasteiger partial charge in [-0.25, -0.2) is 4.83 Å². The van der Waals surface area contributed by atoms with Gasteiger partial charge < -0.3 is 0 Å². The summed E-state index contributed by atoms with van der Waals surface area (Å²) in [6.07, 6.45) is 5.50. The molecule has 1 heterocycles. The normalized spacial score (nSPS) is 11.7. The fourth-order valence-electron chi connectivity index (χ4n) is 1.58. The molecule has 0 fully saturated rings. The molecule has 0 atom stereocenters. The first kappa shape index (κ1) is 14.2. The molecule has 2 rings (SSSR count). The van der Waals surface area contributed by atoms with E-state index < -0.39 is 10.0 Å². The predicted molar refractivity (Wildman–Crippen MR) is 78.0 cm³/mol. The zero-order chi connectivity index (χ0) is 14.4. The molecule has 0 saturated heterocycles. The molecule has 2 aromatic rings. The highest BCUT2D eigenvalue weighted by Crippen LogP contribution is 2.10. The highest BCUT2D eigenvalue weighted by atomic mass is 32.2. The fourth-order valence-corrected chi connectivity index (χ4v) is 2.37. The van der Waals surface area contributed by atoms with Gasteiger partial charge in [-0.3, -0.25) is 4.98 Å². The summed E-state index contributed by atoms with van der Waals surface area (Å²) >= 11 is 0. The number of rotatable bonds is 5. The molecule has 0 spiro atoms. The minimum Gasteiger partial charge on any atom is -0.264 e. The molecule has 0 aliphatic rings. The van der Waals surface area contributed by atoms with Crippen molar-refractivity contribution < 1.29 is 8.42 Å². The second-order valence-electron chi connectivity index (χ2n) is 4.14. The van der Waals surface area contributed by atoms with Crippen LogP contribution in [0.1, 0.15) is 18.1 Å². The summed E-state index contributed by atoms with van der Waals surface area (Å²) in [5.41, 5.74) is 1.80. The molecular weight excluding hydrogens is 274 g/mol. The maximum absolute atomic E-state index is 12.0. The van der Waals surface area contributed by atoms with Gasteiger partial charge in [0.15, 0.2) is 0 Å². The Bertz CT molecular complexity index is 680. The summed E-state index contributed by atoms with van der Waals surface area (Å²) < 4.78 is 24.0. The SMILES string of the molecule is CCc1ccc(S(=O)(=O)N/N=C\c2cccnc2)cc1. The van der Waals surface area contributed by atoms with Gasteiger partial charge >= 0.3 is 0 Å². The van der Waals surface area contributed by atoms with Gasteiger partial charge in [-0.1, -0.05) is 25.1 Å². The fraction of sp³-hybridized carbons (Fsp3) is 0.143. The molecule has 6 heteroatoms. The molecule has 20 heavy (non-hydrogen) atoms. The van der Waals surface area contributed by atoms with Crippen LogP contribution >= 0.6 is 0 Å². The van der Waals surface area contributed by atoms with Gasteiger partial charge in [0.05, 0.1) is 11.1 Å². The molecule has 0 bridgehead atoms. The Morgan fingerprint density at radius 3 is 2.60 bits per heavy atom. The van der Waals surface area contributed by atoms with Crippen LogP contribution in [0.25, 0.3) is 0 Å². The lowest BCUT2D eigenvalue weighted by molar-refractivity contribution is 0.584. The van der Waals surface area contributed by atoms with Crippen LogP contribution in [0.4, 0.5) is 0 Å². The quantitative estimate of drug-likeness (QED) is 0.675. The summed E-state index contributed by atoms with van der Waals surface area (Å²) in [4.78, 5) is 6.28. The van der Waals surface area contributed by atoms with Crippen LogP contribution in [0.3, 0.4) is 0 Å². The number of hydrazone groups is 1. The summed E-state index contributed by atoms with van der Waals surface area (Å²) in [6, 6.07) is 10.3. The van der Waals surface area contributed by atoms with Gasteiger partial charge in [0.1, 0.15) is 0 Å². The Morgan fingerprint density at radius 2 is 2.00 bits per heavy atom. The third-order valence-corrected chi connectivity index (χ3v) is 3.95. The molecular formula is C14H15N3O2S. The molecule has 0 amide bonds. The first-order chi connectivity index (χ1) is 9.62. The van der Waals surface area contributed by atoms with Gasteiger partial charge in [0, 0.05) is 18.0 Å². The highest BCUT2D eigenvalue weighted by Gasteiger charge is 2.11. The summed E-state index contributed by atoms with van der Waals surface area (Å²) in [5, 5.41) is 3.73. The predicted octanol–water partition coefficient (Wildman–Crippen LogP) is 1.96. The first-order valence-corrected chi connectivity index (χ1v) is 7.64. The van der Waals surface area contributed by atoms with Crippen LogP contribution < -0.4 is 4.83 Å². The van der Waals surface area contributed by atoms with Crippen LogP contribution in [0.5, 0.6) is 0 Å². The van der Waals surface area contributed by atoms with Crippen molar-refractivity contribution >= 4 is 16.2 Å². The number of aryl methyl sites for hydroxylation is 1. The molecule has 0 unspecified atom stereocenters. The van der Waals surface area contributed by atoms with E-state index in [1.54, 1.807) is 48.8 Å². The van der Waals surface area contributed by atoms with Crippen LogP contribution in [0.15, 0.2) is 58.8 Å². The molecule has 1 aromatic heterocycles. The Hall–Kier alpha value is -2.21. The van der Waals surface area contributed by atoms with Crippen LogP contribution in [0.2, 0.25) is 0 Å². The summed E-state index contributed by atoms with van der Waals surface area (Å²) in [7, 11) is -3.62. The first-order valence-electron chi connectivity index (χ1n) is 6.15. The van der Waals surface area contributed by atoms with E-state index in [9.17, 15) is 8.42 Å². The zero-order valence-corrected chi connectivity index (χ0v) is 11.8. The smallest absolute Gasteiger partial charge is 0.264 e. The number of pyridine rings is 1. The van der Waals surface area contributed by atoms with Crippen LogP contribution in [0, 0.1) is 0 Å². The van der Waals surface area contributed by atoms with Gasteiger partial charge in [-0.05, 0) is 30.2 Å². The molecule has 0 aliphatic heterocycles. The number of benzene rings is 1. The van der Waals surface area contributed by atoms with Crippen molar-refractivity contribution in [2.24, 2.45) is 5.10 Å². The summed E-state index contributed by atoms with van der Waals surface area (Å²) in [5.74, 6) is 0. The van der Waals surface area contributed by atoms with E-state index in [2.05, 4.69) is 14.9 Å². The average Bonchev–Trinajstić information content (AvgIpc) is 2.48. The molecule has 5 nitrogen and oxygen atoms in total. The van der Waals surface area contributed by atoms with E-state index in [4.69, 9.17) is 0 Å². The van der Waals surface area contributed by atoms with Crippen LogP contribution in [-0.4, -0.2) is 19.6 Å². The van der Waals surface area contributed by atoms with Crippen molar-refractivity contribution in [3.8, 4) is 0 Å². The van der Waals surface area contributed by atoms with Gasteiger partial charge in [0.25, 0.3) is 10.0 Å². The second kappa shape index (κ2) is 6.29. The number of sulfonamides is 1. The molecule has 104 valence electrons. The molecule has 1 aromatic carbocycles. The minimum absolute atomic E-state index is 0.193. The Kier molecular flexibility index (Phi) is 4.47. The topological polar surface area (TPSA) is 71.4 Å². The van der Waals surface area contributed by atoms with Crippen molar-refractivity contribution in [3.05, 3.63) is 59.9 Å². The van der Waals surface area contributed by atoms with E-state index in [-0.39, 0.29) is 4.90 Å². The number of hydrogen-bond donors (Lipinski definition) is 1. The van der Waals surface area contributed by atoms with Gasteiger partial charge in [0.2, 0.25) is 0 Å².